The summed E-state index contributed by atoms with van der Waals surface area (Å²) in [5.74, 6) is -0.324. The second-order valence-corrected chi connectivity index (χ2v) is 8.53. The Balaban J connectivity index is 0. The molecule has 153 valence electrons. The van der Waals surface area contributed by atoms with Gasteiger partial charge in [0, 0.05) is 49.3 Å². The maximum atomic E-state index is 10.7. The zero-order chi connectivity index (χ0) is 19.0. The fourth-order valence-electron chi connectivity index (χ4n) is 2.69. The molecule has 2 N–H and O–H groups in total. The summed E-state index contributed by atoms with van der Waals surface area (Å²) in [5.41, 5.74) is 0. The van der Waals surface area contributed by atoms with Crippen molar-refractivity contribution in [3.63, 3.8) is 0 Å². The van der Waals surface area contributed by atoms with Gasteiger partial charge >= 0.3 is 0 Å². The van der Waals surface area contributed by atoms with Crippen LogP contribution in [0.3, 0.4) is 0 Å². The van der Waals surface area contributed by atoms with Gasteiger partial charge in [0.2, 0.25) is 0 Å². The van der Waals surface area contributed by atoms with Gasteiger partial charge in [-0.05, 0) is 13.5 Å². The largest absolute Gasteiger partial charge is 0.389 e. The van der Waals surface area contributed by atoms with E-state index in [0.29, 0.717) is 13.2 Å². The Labute approximate surface area is 183 Å². The average molecular weight is 405 g/mol. The van der Waals surface area contributed by atoms with Crippen molar-refractivity contribution in [3.8, 4) is 0 Å². The van der Waals surface area contributed by atoms with Crippen LogP contribution in [0, 0.1) is 0 Å². The van der Waals surface area contributed by atoms with Crippen LogP contribution in [0.25, 0.3) is 0 Å². The van der Waals surface area contributed by atoms with Crippen molar-refractivity contribution in [1.82, 2.24) is 4.90 Å². The first-order valence-electron chi connectivity index (χ1n) is 9.74. The smallest absolute Gasteiger partial charge is 0.266 e. The molecule has 0 saturated heterocycles. The average Bonchev–Trinajstić information content (AvgIpc) is 2.53. The summed E-state index contributed by atoms with van der Waals surface area (Å²) in [4.78, 5) is 1.67. The molecular weight excluding hydrogens is 365 g/mol. The van der Waals surface area contributed by atoms with Gasteiger partial charge in [-0.2, -0.15) is 8.42 Å². The molecule has 0 aromatic carbocycles. The minimum absolute atomic E-state index is 0. The van der Waals surface area contributed by atoms with Crippen LogP contribution in [0.2, 0.25) is 0 Å². The van der Waals surface area contributed by atoms with Crippen molar-refractivity contribution in [2.45, 2.75) is 77.2 Å². The maximum Gasteiger partial charge on any atom is 0.266 e. The van der Waals surface area contributed by atoms with Crippen LogP contribution < -0.4 is 0 Å². The Kier molecular flexibility index (Phi) is 21.3. The molecule has 0 bridgehead atoms. The Bertz CT molecular complexity index is 395. The van der Waals surface area contributed by atoms with Crippen LogP contribution in [0.1, 0.15) is 71.1 Å². The van der Waals surface area contributed by atoms with Crippen molar-refractivity contribution in [1.29, 1.82) is 0 Å². The van der Waals surface area contributed by atoms with Crippen LogP contribution in [0.15, 0.2) is 0 Å². The fraction of sp³-hybridized carbons (Fsp3) is 1.00. The van der Waals surface area contributed by atoms with Gasteiger partial charge in [-0.15, -0.1) is 0 Å². The summed E-state index contributed by atoms with van der Waals surface area (Å²) in [7, 11) is -2.24. The number of rotatable bonds is 18. The molecule has 26 heavy (non-hydrogen) atoms. The second-order valence-electron chi connectivity index (χ2n) is 6.96. The van der Waals surface area contributed by atoms with E-state index in [2.05, 4.69) is 6.92 Å². The van der Waals surface area contributed by atoms with Gasteiger partial charge in [0.15, 0.2) is 0 Å². The SMILES string of the molecule is CCCCCCCCCCCCOCC(O)CN(C)CCS(=O)(=O)O.[Na]. The minimum Gasteiger partial charge on any atom is -0.389 e. The number of ether oxygens (including phenoxy) is 1. The van der Waals surface area contributed by atoms with Gasteiger partial charge in [0.25, 0.3) is 10.1 Å². The van der Waals surface area contributed by atoms with Crippen LogP contribution in [-0.2, 0) is 14.9 Å². The van der Waals surface area contributed by atoms with E-state index in [1.807, 2.05) is 0 Å². The summed E-state index contributed by atoms with van der Waals surface area (Å²) in [6.45, 7) is 3.67. The molecule has 0 amide bonds. The van der Waals surface area contributed by atoms with Gasteiger partial charge < -0.3 is 14.7 Å². The zero-order valence-electron chi connectivity index (χ0n) is 17.2. The molecule has 0 rings (SSSR count). The van der Waals surface area contributed by atoms with Gasteiger partial charge in [-0.25, -0.2) is 0 Å². The number of aliphatic hydroxyl groups is 1. The van der Waals surface area contributed by atoms with Crippen molar-refractivity contribution in [2.24, 2.45) is 0 Å². The number of aliphatic hydroxyl groups excluding tert-OH is 1. The van der Waals surface area contributed by atoms with Crippen molar-refractivity contribution in [3.05, 3.63) is 0 Å². The number of hydrogen-bond donors (Lipinski definition) is 2. The van der Waals surface area contributed by atoms with Crippen LogP contribution in [-0.4, -0.2) is 97.7 Å². The van der Waals surface area contributed by atoms with Gasteiger partial charge in [-0.3, -0.25) is 4.55 Å². The summed E-state index contributed by atoms with van der Waals surface area (Å²) in [6.07, 6.45) is 12.2. The molecule has 0 saturated carbocycles. The molecule has 0 aromatic heterocycles. The predicted molar refractivity (Wildman–Crippen MR) is 108 cm³/mol. The Morgan fingerprint density at radius 1 is 0.962 bits per heavy atom. The first-order chi connectivity index (χ1) is 11.8. The molecule has 0 heterocycles. The quantitative estimate of drug-likeness (QED) is 0.207. The zero-order valence-corrected chi connectivity index (χ0v) is 20.0. The molecule has 1 unspecified atom stereocenters. The van der Waals surface area contributed by atoms with E-state index in [0.717, 1.165) is 6.42 Å². The van der Waals surface area contributed by atoms with Gasteiger partial charge in [-0.1, -0.05) is 64.7 Å². The van der Waals surface area contributed by atoms with Crippen LogP contribution in [0.5, 0.6) is 0 Å². The third-order valence-corrected chi connectivity index (χ3v) is 4.90. The number of unbranched alkanes of at least 4 members (excludes halogenated alkanes) is 9. The molecule has 1 radical (unpaired) electrons. The third kappa shape index (κ3) is 22.8. The van der Waals surface area contributed by atoms with E-state index in [1.165, 1.54) is 57.8 Å². The topological polar surface area (TPSA) is 87.1 Å². The molecule has 1 atom stereocenters. The number of nitrogens with zero attached hydrogens (tertiary/aromatic N) is 1. The summed E-state index contributed by atoms with van der Waals surface area (Å²) in [6, 6.07) is 0. The first kappa shape index (κ1) is 29.0. The normalized spacial score (nSPS) is 13.0. The minimum atomic E-state index is -3.95. The standard InChI is InChI=1S/C18H39NO5S.Na/c1-3-4-5-6-7-8-9-10-11-12-14-24-17-18(20)16-19(2)13-15-25(21,22)23;/h18,20H,3-17H2,1-2H3,(H,21,22,23);. The summed E-state index contributed by atoms with van der Waals surface area (Å²) in [5, 5.41) is 9.83. The van der Waals surface area contributed by atoms with E-state index in [9.17, 15) is 13.5 Å². The van der Waals surface area contributed by atoms with E-state index < -0.39 is 16.2 Å². The maximum absolute atomic E-state index is 10.7. The van der Waals surface area contributed by atoms with E-state index >= 15 is 0 Å². The van der Waals surface area contributed by atoms with Gasteiger partial charge in [0.05, 0.1) is 18.5 Å². The molecule has 8 heteroatoms. The molecule has 0 fully saturated rings. The number of likely N-dealkylation sites (N-methyl/N-ethyl adjacent to an activating group) is 1. The summed E-state index contributed by atoms with van der Waals surface area (Å²) < 4.78 is 35.5. The predicted octanol–water partition coefficient (Wildman–Crippen LogP) is 2.72. The summed E-state index contributed by atoms with van der Waals surface area (Å²) >= 11 is 0. The molecular formula is C18H39NNaO5S. The molecule has 0 aliphatic heterocycles. The number of hydrogen-bond acceptors (Lipinski definition) is 5. The van der Waals surface area contributed by atoms with Crippen molar-refractivity contribution in [2.75, 3.05) is 39.1 Å². The van der Waals surface area contributed by atoms with E-state index in [-0.39, 0.29) is 48.5 Å². The third-order valence-electron chi connectivity index (χ3n) is 4.21. The Hall–Kier alpha value is 0.790. The molecule has 0 aromatic rings. The second kappa shape index (κ2) is 19.1. The fourth-order valence-corrected chi connectivity index (χ4v) is 3.23. The van der Waals surface area contributed by atoms with Gasteiger partial charge in [0.1, 0.15) is 0 Å². The Morgan fingerprint density at radius 3 is 1.96 bits per heavy atom. The van der Waals surface area contributed by atoms with E-state index in [4.69, 9.17) is 9.29 Å². The van der Waals surface area contributed by atoms with Crippen LogP contribution >= 0.6 is 0 Å². The molecule has 0 aliphatic carbocycles. The monoisotopic (exact) mass is 404 g/mol. The van der Waals surface area contributed by atoms with Crippen molar-refractivity contribution < 1.29 is 22.8 Å². The van der Waals surface area contributed by atoms with Crippen molar-refractivity contribution >= 4 is 39.7 Å². The molecule has 6 nitrogen and oxygen atoms in total. The molecule has 0 aliphatic rings. The Morgan fingerprint density at radius 2 is 1.46 bits per heavy atom. The van der Waals surface area contributed by atoms with Crippen LogP contribution in [0.4, 0.5) is 0 Å². The first-order valence-corrected chi connectivity index (χ1v) is 11.4. The molecule has 0 spiro atoms. The van der Waals surface area contributed by atoms with E-state index in [1.54, 1.807) is 11.9 Å².